The minimum atomic E-state index is -0.833. The number of anilines is 1. The fourth-order valence-electron chi connectivity index (χ4n) is 7.28. The first-order valence-electron chi connectivity index (χ1n) is 18.6. The molecule has 5 amide bonds. The van der Waals surface area contributed by atoms with Crippen molar-refractivity contribution in [1.29, 1.82) is 0 Å². The molecule has 4 heterocycles. The van der Waals surface area contributed by atoms with Crippen molar-refractivity contribution in [2.75, 3.05) is 32.6 Å². The lowest BCUT2D eigenvalue weighted by Gasteiger charge is -2.30. The molecule has 4 aromatic rings. The molecule has 16 nitrogen and oxygen atoms in total. The highest BCUT2D eigenvalue weighted by Crippen LogP contribution is 2.34. The van der Waals surface area contributed by atoms with Crippen molar-refractivity contribution < 1.29 is 38.0 Å². The zero-order chi connectivity index (χ0) is 39.4. The molecular formula is C39H48N8O8. The Morgan fingerprint density at radius 2 is 1.38 bits per heavy atom. The van der Waals surface area contributed by atoms with Crippen molar-refractivity contribution in [2.45, 2.75) is 77.5 Å². The highest BCUT2D eigenvalue weighted by atomic mass is 16.5. The number of nitrogens with one attached hydrogen (secondary N) is 4. The Kier molecular flexibility index (Phi) is 11.7. The first-order chi connectivity index (χ1) is 26.4. The van der Waals surface area contributed by atoms with Gasteiger partial charge in [-0.15, -0.1) is 0 Å². The number of hydrogen-bond donors (Lipinski definition) is 4. The molecule has 2 aliphatic rings. The third kappa shape index (κ3) is 8.27. The molecule has 0 bridgehead atoms. The molecule has 2 aromatic heterocycles. The number of hydrogen-bond acceptors (Lipinski definition) is 10. The van der Waals surface area contributed by atoms with Crippen molar-refractivity contribution in [1.82, 2.24) is 35.6 Å². The highest BCUT2D eigenvalue weighted by Gasteiger charge is 2.40. The lowest BCUT2D eigenvalue weighted by Crippen LogP contribution is -2.54. The lowest BCUT2D eigenvalue weighted by molar-refractivity contribution is -0.139. The Labute approximate surface area is 318 Å². The largest absolute Gasteiger partial charge is 0.453 e. The van der Waals surface area contributed by atoms with E-state index in [4.69, 9.17) is 14.0 Å². The molecule has 4 atom stereocenters. The van der Waals surface area contributed by atoms with Gasteiger partial charge in [0.1, 0.15) is 23.9 Å². The van der Waals surface area contributed by atoms with E-state index >= 15 is 0 Å². The molecule has 2 aromatic carbocycles. The van der Waals surface area contributed by atoms with Gasteiger partial charge in [-0.25, -0.2) is 14.6 Å². The summed E-state index contributed by atoms with van der Waals surface area (Å²) in [5, 5.41) is 12.8. The second-order valence-electron chi connectivity index (χ2n) is 14.6. The van der Waals surface area contributed by atoms with Crippen molar-refractivity contribution in [3.05, 3.63) is 54.5 Å². The standard InChI is InChI=1S/C39H48N8O8/c1-21(2)31(42-38(51)53-5)36(49)46-17-7-9-28(46)34-40-20-27(41-34)24-13-11-23(12-14-24)25-15-16-26-30(19-25)55-45-33(26)44-35(48)29-10-8-18-47(29)37(50)32(22(3)4)43-39(52)54-6/h11-16,19-22,28-29,31-32H,7-10,17-18H2,1-6H3,(H,40,41)(H,42,51)(H,43,52)(H,44,45,48)/t28-,29-,31-,32-/m0/s1. The van der Waals surface area contributed by atoms with Crippen LogP contribution in [0.5, 0.6) is 0 Å². The zero-order valence-electron chi connectivity index (χ0n) is 31.9. The number of H-pyrrole nitrogens is 1. The van der Waals surface area contributed by atoms with Gasteiger partial charge in [-0.1, -0.05) is 63.2 Å². The number of aromatic nitrogens is 3. The van der Waals surface area contributed by atoms with Crippen LogP contribution in [-0.2, 0) is 23.9 Å². The van der Waals surface area contributed by atoms with Crippen LogP contribution in [0.3, 0.4) is 0 Å². The van der Waals surface area contributed by atoms with E-state index in [1.54, 1.807) is 11.1 Å². The maximum absolute atomic E-state index is 13.5. The summed E-state index contributed by atoms with van der Waals surface area (Å²) in [6, 6.07) is 11.0. The number of fused-ring (bicyclic) bond motifs is 1. The number of alkyl carbamates (subject to hydrolysis) is 2. The van der Waals surface area contributed by atoms with Crippen LogP contribution in [0.15, 0.2) is 53.2 Å². The van der Waals surface area contributed by atoms with Crippen molar-refractivity contribution >= 4 is 46.7 Å². The summed E-state index contributed by atoms with van der Waals surface area (Å²) in [5.74, 6) is -0.287. The summed E-state index contributed by atoms with van der Waals surface area (Å²) >= 11 is 0. The molecule has 0 saturated carbocycles. The van der Waals surface area contributed by atoms with Gasteiger partial charge in [0.15, 0.2) is 11.4 Å². The number of carbonyl (C=O) groups is 5. The van der Waals surface area contributed by atoms with Crippen LogP contribution in [0.25, 0.3) is 33.4 Å². The number of carbonyl (C=O) groups excluding carboxylic acids is 5. The number of nitrogens with zero attached hydrogens (tertiary/aromatic N) is 4. The van der Waals surface area contributed by atoms with Gasteiger partial charge in [0.25, 0.3) is 0 Å². The summed E-state index contributed by atoms with van der Waals surface area (Å²) in [7, 11) is 2.51. The Bertz CT molecular complexity index is 2040. The number of methoxy groups -OCH3 is 2. The Balaban J connectivity index is 1.12. The van der Waals surface area contributed by atoms with Crippen LogP contribution >= 0.6 is 0 Å². The molecule has 55 heavy (non-hydrogen) atoms. The number of benzene rings is 2. The van der Waals surface area contributed by atoms with Crippen LogP contribution in [0, 0.1) is 11.8 Å². The minimum Gasteiger partial charge on any atom is -0.453 e. The Morgan fingerprint density at radius 1 is 0.800 bits per heavy atom. The summed E-state index contributed by atoms with van der Waals surface area (Å²) in [4.78, 5) is 75.5. The average molecular weight is 757 g/mol. The number of ether oxygens (including phenoxy) is 2. The van der Waals surface area contributed by atoms with Gasteiger partial charge in [0.05, 0.1) is 37.5 Å². The second kappa shape index (κ2) is 16.6. The van der Waals surface area contributed by atoms with Gasteiger partial charge in [-0.3, -0.25) is 14.4 Å². The Hall–Kier alpha value is -5.93. The summed E-state index contributed by atoms with van der Waals surface area (Å²) < 4.78 is 15.1. The topological polar surface area (TPSA) is 201 Å². The molecule has 2 saturated heterocycles. The molecule has 292 valence electrons. The highest BCUT2D eigenvalue weighted by molar-refractivity contribution is 6.03. The third-order valence-corrected chi connectivity index (χ3v) is 10.3. The summed E-state index contributed by atoms with van der Waals surface area (Å²) in [6.07, 6.45) is 3.11. The molecule has 0 spiro atoms. The molecule has 6 rings (SSSR count). The van der Waals surface area contributed by atoms with Crippen molar-refractivity contribution in [3.8, 4) is 22.4 Å². The normalized spacial score (nSPS) is 18.0. The first-order valence-corrected chi connectivity index (χ1v) is 18.6. The van der Waals surface area contributed by atoms with E-state index in [-0.39, 0.29) is 41.4 Å². The van der Waals surface area contributed by atoms with Gasteiger partial charge >= 0.3 is 12.2 Å². The number of likely N-dealkylation sites (tertiary alicyclic amines) is 2. The molecule has 2 aliphatic heterocycles. The van der Waals surface area contributed by atoms with Crippen LogP contribution < -0.4 is 16.0 Å². The van der Waals surface area contributed by atoms with Crippen molar-refractivity contribution in [3.63, 3.8) is 0 Å². The van der Waals surface area contributed by atoms with E-state index in [1.807, 2.05) is 70.2 Å². The number of amides is 5. The number of imidazole rings is 1. The predicted molar refractivity (Wildman–Crippen MR) is 202 cm³/mol. The quantitative estimate of drug-likeness (QED) is 0.157. The zero-order valence-corrected chi connectivity index (χ0v) is 31.9. The van der Waals surface area contributed by atoms with E-state index in [1.165, 1.54) is 19.1 Å². The van der Waals surface area contributed by atoms with Gasteiger partial charge in [0.2, 0.25) is 17.7 Å². The Morgan fingerprint density at radius 3 is 2.02 bits per heavy atom. The molecule has 0 radical (unpaired) electrons. The van der Waals surface area contributed by atoms with Crippen molar-refractivity contribution in [2.24, 2.45) is 11.8 Å². The molecule has 2 fully saturated rings. The van der Waals surface area contributed by atoms with E-state index in [2.05, 4.69) is 31.1 Å². The van der Waals surface area contributed by atoms with Crippen LogP contribution in [0.4, 0.5) is 15.4 Å². The van der Waals surface area contributed by atoms with Gasteiger partial charge in [-0.2, -0.15) is 0 Å². The van der Waals surface area contributed by atoms with Gasteiger partial charge in [-0.05, 0) is 66.3 Å². The van der Waals surface area contributed by atoms with E-state index in [9.17, 15) is 24.0 Å². The van der Waals surface area contributed by atoms with E-state index in [0.29, 0.717) is 42.7 Å². The molecular weight excluding hydrogens is 708 g/mol. The minimum absolute atomic E-state index is 0.124. The summed E-state index contributed by atoms with van der Waals surface area (Å²) in [5.41, 5.74) is 4.01. The monoisotopic (exact) mass is 756 g/mol. The second-order valence-corrected chi connectivity index (χ2v) is 14.6. The molecule has 0 unspecified atom stereocenters. The van der Waals surface area contributed by atoms with Gasteiger partial charge < -0.3 is 44.7 Å². The maximum Gasteiger partial charge on any atom is 0.407 e. The molecule has 0 aliphatic carbocycles. The summed E-state index contributed by atoms with van der Waals surface area (Å²) in [6.45, 7) is 8.36. The van der Waals surface area contributed by atoms with Crippen LogP contribution in [-0.4, -0.2) is 100 Å². The smallest absolute Gasteiger partial charge is 0.407 e. The molecule has 16 heteroatoms. The van der Waals surface area contributed by atoms with E-state index in [0.717, 1.165) is 35.2 Å². The number of rotatable bonds is 11. The number of aromatic amines is 1. The maximum atomic E-state index is 13.5. The lowest BCUT2D eigenvalue weighted by atomic mass is 10.0. The fraction of sp³-hybridized carbons (Fsp3) is 0.462. The SMILES string of the molecule is COC(=O)N[C@H](C(=O)N1CCC[C@H]1C(=O)Nc1noc2cc(-c3ccc(-c4cnc([C@@H]5CCCN5C(=O)[C@@H](NC(=O)OC)C(C)C)[nH]4)cc3)ccc12)C(C)C. The van der Waals surface area contributed by atoms with Gasteiger partial charge in [0, 0.05) is 13.1 Å². The first kappa shape index (κ1) is 38.8. The van der Waals surface area contributed by atoms with Crippen LogP contribution in [0.2, 0.25) is 0 Å². The molecule has 4 N–H and O–H groups in total. The van der Waals surface area contributed by atoms with Crippen LogP contribution in [0.1, 0.15) is 65.2 Å². The van der Waals surface area contributed by atoms with E-state index < -0.39 is 30.3 Å². The third-order valence-electron chi connectivity index (χ3n) is 10.3. The fourth-order valence-corrected chi connectivity index (χ4v) is 7.28. The average Bonchev–Trinajstić information content (AvgIpc) is 4.02. The predicted octanol–water partition coefficient (Wildman–Crippen LogP) is 5.24.